The van der Waals surface area contributed by atoms with Crippen LogP contribution >= 0.6 is 0 Å². The van der Waals surface area contributed by atoms with E-state index in [-0.39, 0.29) is 57.3 Å². The van der Waals surface area contributed by atoms with Gasteiger partial charge in [0.05, 0.1) is 0 Å². The van der Waals surface area contributed by atoms with Crippen LogP contribution in [-0.2, 0) is 0 Å². The Hall–Kier alpha value is 0.716. The molecular formula is C4H4KNO. The van der Waals surface area contributed by atoms with Crippen molar-refractivity contribution in [3.05, 3.63) is 18.3 Å². The van der Waals surface area contributed by atoms with Crippen molar-refractivity contribution in [1.82, 2.24) is 4.98 Å². The third-order valence-electron chi connectivity index (χ3n) is 0.569. The van der Waals surface area contributed by atoms with E-state index in [2.05, 4.69) is 4.98 Å². The Morgan fingerprint density at radius 2 is 2.29 bits per heavy atom. The number of hydrogen-bond donors (Lipinski definition) is 1. The second-order valence-electron chi connectivity index (χ2n) is 1.03. The van der Waals surface area contributed by atoms with E-state index in [9.17, 15) is 5.11 Å². The molecule has 0 aromatic carbocycles. The minimum absolute atomic E-state index is 0. The fraction of sp³-hybridized carbons (Fsp3) is 0. The Morgan fingerprint density at radius 3 is 2.43 bits per heavy atom. The first kappa shape index (κ1) is 7.72. The molecule has 1 aromatic heterocycles. The summed E-state index contributed by atoms with van der Waals surface area (Å²) in [6, 6.07) is 3.14. The summed E-state index contributed by atoms with van der Waals surface area (Å²) in [5.41, 5.74) is 0. The molecule has 1 rings (SSSR count). The Labute approximate surface area is 84.4 Å². The first-order valence-electron chi connectivity index (χ1n) is 1.70. The Morgan fingerprint density at radius 1 is 1.57 bits per heavy atom. The summed E-state index contributed by atoms with van der Waals surface area (Å²) in [5.74, 6) is -0.0324. The van der Waals surface area contributed by atoms with Gasteiger partial charge in [-0.1, -0.05) is 6.07 Å². The number of aromatic nitrogens is 1. The predicted molar refractivity (Wildman–Crippen MR) is 20.2 cm³/mol. The van der Waals surface area contributed by atoms with Crippen molar-refractivity contribution in [3.8, 4) is 5.88 Å². The number of hydrogen-bond acceptors (Lipinski definition) is 1. The van der Waals surface area contributed by atoms with Crippen LogP contribution in [0.1, 0.15) is 0 Å². The molecule has 0 unspecified atom stereocenters. The van der Waals surface area contributed by atoms with Gasteiger partial charge in [-0.25, -0.2) is 0 Å². The zero-order valence-electron chi connectivity index (χ0n) is 4.14. The van der Waals surface area contributed by atoms with Crippen LogP contribution in [0.5, 0.6) is 5.88 Å². The van der Waals surface area contributed by atoms with Crippen LogP contribution in [0.2, 0.25) is 0 Å². The van der Waals surface area contributed by atoms with Crippen LogP contribution in [0.25, 0.3) is 0 Å². The summed E-state index contributed by atoms with van der Waals surface area (Å²) in [4.78, 5) is 2.44. The van der Waals surface area contributed by atoms with Gasteiger partial charge in [0.15, 0.2) is 0 Å². The second kappa shape index (κ2) is 3.69. The van der Waals surface area contributed by atoms with Crippen molar-refractivity contribution in [2.45, 2.75) is 0 Å². The molecule has 1 heterocycles. The maximum atomic E-state index is 10.0. The summed E-state index contributed by atoms with van der Waals surface area (Å²) in [6.45, 7) is 0. The van der Waals surface area contributed by atoms with Gasteiger partial charge in [-0.3, -0.25) is 0 Å². The Balaban J connectivity index is 0.000000360. The van der Waals surface area contributed by atoms with E-state index < -0.39 is 0 Å². The van der Waals surface area contributed by atoms with Gasteiger partial charge in [-0.2, -0.15) is 0 Å². The first-order chi connectivity index (χ1) is 2.89. The molecule has 0 saturated carbocycles. The topological polar surface area (TPSA) is 38.8 Å². The van der Waals surface area contributed by atoms with Gasteiger partial charge in [0.1, 0.15) is 0 Å². The van der Waals surface area contributed by atoms with Gasteiger partial charge in [-0.15, -0.1) is 0 Å². The molecule has 32 valence electrons. The summed E-state index contributed by atoms with van der Waals surface area (Å²) in [6.07, 6.45) is 1.60. The molecule has 0 aliphatic heterocycles. The first-order valence-corrected chi connectivity index (χ1v) is 1.70. The standard InChI is InChI=1S/C4H5NO.K/c6-4-2-1-3-5-4;/h1-3,5-6H;/q;+1/p-1. The molecule has 0 radical (unpaired) electrons. The monoisotopic (exact) mass is 121 g/mol. The second-order valence-corrected chi connectivity index (χ2v) is 1.03. The minimum atomic E-state index is -0.0324. The largest absolute Gasteiger partial charge is 1.00 e. The molecule has 3 heteroatoms. The summed E-state index contributed by atoms with van der Waals surface area (Å²) >= 11 is 0. The smallest absolute Gasteiger partial charge is 0.860 e. The average Bonchev–Trinajstić information content (AvgIpc) is 1.86. The molecule has 0 atom stereocenters. The van der Waals surface area contributed by atoms with E-state index in [4.69, 9.17) is 0 Å². The van der Waals surface area contributed by atoms with Crippen molar-refractivity contribution in [1.29, 1.82) is 0 Å². The van der Waals surface area contributed by atoms with Gasteiger partial charge < -0.3 is 10.1 Å². The van der Waals surface area contributed by atoms with Crippen molar-refractivity contribution in [2.24, 2.45) is 0 Å². The summed E-state index contributed by atoms with van der Waals surface area (Å²) < 4.78 is 0. The molecule has 7 heavy (non-hydrogen) atoms. The van der Waals surface area contributed by atoms with Crippen LogP contribution < -0.4 is 56.5 Å². The molecule has 1 aromatic rings. The number of H-pyrrole nitrogens is 1. The third kappa shape index (κ3) is 2.51. The van der Waals surface area contributed by atoms with E-state index in [1.54, 1.807) is 12.3 Å². The van der Waals surface area contributed by atoms with Gasteiger partial charge in [0, 0.05) is 0 Å². The van der Waals surface area contributed by atoms with Crippen LogP contribution in [-0.4, -0.2) is 4.98 Å². The van der Waals surface area contributed by atoms with E-state index >= 15 is 0 Å². The molecule has 2 nitrogen and oxygen atoms in total. The number of rotatable bonds is 0. The zero-order chi connectivity index (χ0) is 4.41. The fourth-order valence-electron chi connectivity index (χ4n) is 0.314. The Bertz CT molecular complexity index is 115. The zero-order valence-corrected chi connectivity index (χ0v) is 7.26. The molecule has 0 aliphatic rings. The van der Waals surface area contributed by atoms with Gasteiger partial charge in [0.25, 0.3) is 0 Å². The molecule has 0 aliphatic carbocycles. The molecule has 0 bridgehead atoms. The SMILES string of the molecule is [K+].[O-]c1ccc[nH]1. The maximum Gasteiger partial charge on any atom is 1.00 e. The normalized spacial score (nSPS) is 7.43. The molecule has 0 amide bonds. The Kier molecular flexibility index (Phi) is 4.06. The molecule has 0 saturated heterocycles. The van der Waals surface area contributed by atoms with Crippen molar-refractivity contribution >= 4 is 0 Å². The number of nitrogens with one attached hydrogen (secondary N) is 1. The van der Waals surface area contributed by atoms with Crippen molar-refractivity contribution in [2.75, 3.05) is 0 Å². The predicted octanol–water partition coefficient (Wildman–Crippen LogP) is -2.91. The van der Waals surface area contributed by atoms with Gasteiger partial charge >= 0.3 is 51.4 Å². The van der Waals surface area contributed by atoms with E-state index in [0.717, 1.165) is 0 Å². The summed E-state index contributed by atoms with van der Waals surface area (Å²) in [5, 5.41) is 10.0. The van der Waals surface area contributed by atoms with Crippen LogP contribution in [0.15, 0.2) is 18.3 Å². The average molecular weight is 121 g/mol. The molecule has 1 N–H and O–H groups in total. The van der Waals surface area contributed by atoms with Gasteiger partial charge in [0.2, 0.25) is 0 Å². The molecule has 0 fully saturated rings. The summed E-state index contributed by atoms with van der Waals surface area (Å²) in [7, 11) is 0. The van der Waals surface area contributed by atoms with Crippen molar-refractivity contribution < 1.29 is 56.5 Å². The van der Waals surface area contributed by atoms with Crippen LogP contribution in [0.4, 0.5) is 0 Å². The van der Waals surface area contributed by atoms with Gasteiger partial charge in [-0.05, 0) is 18.1 Å². The quantitative estimate of drug-likeness (QED) is 0.367. The van der Waals surface area contributed by atoms with Crippen LogP contribution in [0, 0.1) is 0 Å². The molecule has 0 spiro atoms. The third-order valence-corrected chi connectivity index (χ3v) is 0.569. The minimum Gasteiger partial charge on any atom is -0.860 e. The van der Waals surface area contributed by atoms with E-state index in [1.165, 1.54) is 6.07 Å². The maximum absolute atomic E-state index is 10.0. The number of aromatic amines is 1. The van der Waals surface area contributed by atoms with E-state index in [1.807, 2.05) is 0 Å². The fourth-order valence-corrected chi connectivity index (χ4v) is 0.314. The van der Waals surface area contributed by atoms with Crippen LogP contribution in [0.3, 0.4) is 0 Å². The van der Waals surface area contributed by atoms with E-state index in [0.29, 0.717) is 0 Å². The molecular weight excluding hydrogens is 117 g/mol. The van der Waals surface area contributed by atoms with Crippen molar-refractivity contribution in [3.63, 3.8) is 0 Å².